The molecule has 24 heavy (non-hydrogen) atoms. The van der Waals surface area contributed by atoms with Crippen molar-refractivity contribution in [3.63, 3.8) is 0 Å². The number of aliphatic hydroxyl groups is 1. The van der Waals surface area contributed by atoms with Crippen molar-refractivity contribution < 1.29 is 39.2 Å². The van der Waals surface area contributed by atoms with E-state index in [4.69, 9.17) is 14.9 Å². The number of esters is 1. The van der Waals surface area contributed by atoms with Gasteiger partial charge in [-0.1, -0.05) is 26.2 Å². The van der Waals surface area contributed by atoms with E-state index in [0.29, 0.717) is 6.42 Å². The number of ether oxygens (including phenoxy) is 1. The van der Waals surface area contributed by atoms with E-state index in [9.17, 15) is 24.3 Å². The second-order valence-electron chi connectivity index (χ2n) is 5.95. The zero-order valence-electron chi connectivity index (χ0n) is 14.1. The standard InChI is InChI=1S/C16H26O8/c1-3-4-5-6-7-12(8-11(2)17)24-14(20)10-16(23,15(21)22)9-13(18)19/h12,23H,3-10H2,1-2H3,(H,18,19)(H,21,22). The van der Waals surface area contributed by atoms with Gasteiger partial charge in [0.15, 0.2) is 5.60 Å². The van der Waals surface area contributed by atoms with Crippen molar-refractivity contribution in [2.45, 2.75) is 76.9 Å². The van der Waals surface area contributed by atoms with Crippen LogP contribution in [-0.2, 0) is 23.9 Å². The van der Waals surface area contributed by atoms with Crippen molar-refractivity contribution in [2.75, 3.05) is 0 Å². The average Bonchev–Trinajstić information content (AvgIpc) is 2.41. The van der Waals surface area contributed by atoms with Gasteiger partial charge in [-0.3, -0.25) is 14.4 Å². The first-order chi connectivity index (χ1) is 11.1. The highest BCUT2D eigenvalue weighted by Gasteiger charge is 2.41. The fourth-order valence-electron chi connectivity index (χ4n) is 2.25. The quantitative estimate of drug-likeness (QED) is 0.337. The molecule has 0 spiro atoms. The van der Waals surface area contributed by atoms with Crippen LogP contribution in [0.25, 0.3) is 0 Å². The summed E-state index contributed by atoms with van der Waals surface area (Å²) >= 11 is 0. The molecule has 0 saturated heterocycles. The highest BCUT2D eigenvalue weighted by molar-refractivity contribution is 5.88. The molecule has 0 aliphatic carbocycles. The van der Waals surface area contributed by atoms with Crippen molar-refractivity contribution in [1.82, 2.24) is 0 Å². The maximum absolute atomic E-state index is 11.9. The summed E-state index contributed by atoms with van der Waals surface area (Å²) in [5.74, 6) is -4.58. The number of rotatable bonds is 13. The molecule has 138 valence electrons. The molecule has 0 aromatic rings. The molecule has 0 radical (unpaired) electrons. The maximum atomic E-state index is 11.9. The molecule has 8 nitrogen and oxygen atoms in total. The third-order valence-electron chi connectivity index (χ3n) is 3.47. The SMILES string of the molecule is CCCCCCC(CC(C)=O)OC(=O)CC(O)(CC(=O)O)C(=O)O. The summed E-state index contributed by atoms with van der Waals surface area (Å²) in [6.45, 7) is 3.40. The number of aliphatic carboxylic acids is 2. The number of carboxylic acids is 2. The van der Waals surface area contributed by atoms with Gasteiger partial charge in [-0.15, -0.1) is 0 Å². The molecular formula is C16H26O8. The van der Waals surface area contributed by atoms with Gasteiger partial charge in [0.2, 0.25) is 0 Å². The molecule has 8 heteroatoms. The highest BCUT2D eigenvalue weighted by Crippen LogP contribution is 2.19. The van der Waals surface area contributed by atoms with Crippen LogP contribution in [0.15, 0.2) is 0 Å². The van der Waals surface area contributed by atoms with E-state index in [2.05, 4.69) is 0 Å². The van der Waals surface area contributed by atoms with E-state index in [1.54, 1.807) is 0 Å². The summed E-state index contributed by atoms with van der Waals surface area (Å²) in [7, 11) is 0. The second-order valence-corrected chi connectivity index (χ2v) is 5.95. The van der Waals surface area contributed by atoms with Crippen LogP contribution in [0.5, 0.6) is 0 Å². The molecule has 3 N–H and O–H groups in total. The Hall–Kier alpha value is -1.96. The molecule has 0 aromatic heterocycles. The van der Waals surface area contributed by atoms with Gasteiger partial charge in [0.05, 0.1) is 12.8 Å². The number of unbranched alkanes of at least 4 members (excludes halogenated alkanes) is 3. The topological polar surface area (TPSA) is 138 Å². The molecule has 0 saturated carbocycles. The first kappa shape index (κ1) is 22.0. The lowest BCUT2D eigenvalue weighted by Crippen LogP contribution is -2.43. The van der Waals surface area contributed by atoms with E-state index < -0.39 is 42.5 Å². The van der Waals surface area contributed by atoms with Crippen LogP contribution in [0, 0.1) is 0 Å². The van der Waals surface area contributed by atoms with Gasteiger partial charge in [-0.2, -0.15) is 0 Å². The maximum Gasteiger partial charge on any atom is 0.336 e. The lowest BCUT2D eigenvalue weighted by atomic mass is 9.95. The monoisotopic (exact) mass is 346 g/mol. The summed E-state index contributed by atoms with van der Waals surface area (Å²) in [5, 5.41) is 27.4. The third kappa shape index (κ3) is 9.24. The van der Waals surface area contributed by atoms with Gasteiger partial charge in [0.1, 0.15) is 11.9 Å². The Morgan fingerprint density at radius 1 is 1.04 bits per heavy atom. The first-order valence-corrected chi connectivity index (χ1v) is 7.97. The van der Waals surface area contributed by atoms with Gasteiger partial charge in [-0.25, -0.2) is 4.79 Å². The molecule has 0 bridgehead atoms. The van der Waals surface area contributed by atoms with Crippen LogP contribution in [0.1, 0.15) is 65.2 Å². The third-order valence-corrected chi connectivity index (χ3v) is 3.47. The number of hydrogen-bond acceptors (Lipinski definition) is 6. The molecule has 0 aliphatic heterocycles. The zero-order valence-corrected chi connectivity index (χ0v) is 14.1. The second kappa shape index (κ2) is 10.7. The number of hydrogen-bond donors (Lipinski definition) is 3. The summed E-state index contributed by atoms with van der Waals surface area (Å²) in [5.41, 5.74) is -2.73. The van der Waals surface area contributed by atoms with Crippen molar-refractivity contribution in [3.05, 3.63) is 0 Å². The summed E-state index contributed by atoms with van der Waals surface area (Å²) in [6, 6.07) is 0. The molecule has 0 aliphatic rings. The van der Waals surface area contributed by atoms with Gasteiger partial charge in [-0.05, 0) is 19.8 Å². The Morgan fingerprint density at radius 3 is 2.12 bits per heavy atom. The zero-order chi connectivity index (χ0) is 18.8. The predicted molar refractivity (Wildman–Crippen MR) is 83.4 cm³/mol. The van der Waals surface area contributed by atoms with Gasteiger partial charge in [0.25, 0.3) is 0 Å². The van der Waals surface area contributed by atoms with E-state index >= 15 is 0 Å². The van der Waals surface area contributed by atoms with Crippen LogP contribution >= 0.6 is 0 Å². The summed E-state index contributed by atoms with van der Waals surface area (Å²) < 4.78 is 5.09. The molecular weight excluding hydrogens is 320 g/mol. The van der Waals surface area contributed by atoms with E-state index in [0.717, 1.165) is 25.7 Å². The van der Waals surface area contributed by atoms with Gasteiger partial charge in [0, 0.05) is 6.42 Å². The molecule has 0 rings (SSSR count). The van der Waals surface area contributed by atoms with Crippen LogP contribution in [0.2, 0.25) is 0 Å². The molecule has 0 heterocycles. The number of Topliss-reactive ketones (excluding diaryl/α,β-unsaturated/α-hetero) is 1. The average molecular weight is 346 g/mol. The number of carboxylic acid groups (broad SMARTS) is 2. The smallest absolute Gasteiger partial charge is 0.336 e. The first-order valence-electron chi connectivity index (χ1n) is 7.97. The Morgan fingerprint density at radius 2 is 1.67 bits per heavy atom. The number of ketones is 1. The Balaban J connectivity index is 4.74. The Bertz CT molecular complexity index is 459. The summed E-state index contributed by atoms with van der Waals surface area (Å²) in [6.07, 6.45) is 1.35. The largest absolute Gasteiger partial charge is 0.481 e. The van der Waals surface area contributed by atoms with Crippen LogP contribution < -0.4 is 0 Å². The lowest BCUT2D eigenvalue weighted by Gasteiger charge is -2.22. The number of carbonyl (C=O) groups excluding carboxylic acids is 2. The van der Waals surface area contributed by atoms with E-state index in [1.165, 1.54) is 6.92 Å². The fraction of sp³-hybridized carbons (Fsp3) is 0.750. The van der Waals surface area contributed by atoms with E-state index in [-0.39, 0.29) is 12.2 Å². The number of carbonyl (C=O) groups is 4. The summed E-state index contributed by atoms with van der Waals surface area (Å²) in [4.78, 5) is 44.8. The minimum absolute atomic E-state index is 0.00228. The predicted octanol–water partition coefficient (Wildman–Crippen LogP) is 1.53. The normalized spacial score (nSPS) is 14.5. The Labute approximate surface area is 140 Å². The molecule has 0 aromatic carbocycles. The van der Waals surface area contributed by atoms with Crippen molar-refractivity contribution in [2.24, 2.45) is 0 Å². The van der Waals surface area contributed by atoms with Crippen molar-refractivity contribution >= 4 is 23.7 Å². The van der Waals surface area contributed by atoms with Crippen LogP contribution in [0.4, 0.5) is 0 Å². The molecule has 0 fully saturated rings. The Kier molecular flexibility index (Phi) is 9.87. The van der Waals surface area contributed by atoms with Gasteiger partial charge < -0.3 is 20.1 Å². The van der Waals surface area contributed by atoms with Crippen molar-refractivity contribution in [3.8, 4) is 0 Å². The lowest BCUT2D eigenvalue weighted by molar-refractivity contribution is -0.173. The highest BCUT2D eigenvalue weighted by atomic mass is 16.5. The molecule has 0 amide bonds. The van der Waals surface area contributed by atoms with Gasteiger partial charge >= 0.3 is 17.9 Å². The molecule has 2 atom stereocenters. The fourth-order valence-corrected chi connectivity index (χ4v) is 2.25. The van der Waals surface area contributed by atoms with Crippen LogP contribution in [0.3, 0.4) is 0 Å². The van der Waals surface area contributed by atoms with E-state index in [1.807, 2.05) is 6.92 Å². The minimum atomic E-state index is -2.73. The minimum Gasteiger partial charge on any atom is -0.481 e. The van der Waals surface area contributed by atoms with Crippen LogP contribution in [-0.4, -0.2) is 50.7 Å². The van der Waals surface area contributed by atoms with Crippen molar-refractivity contribution in [1.29, 1.82) is 0 Å². The molecule has 2 unspecified atom stereocenters.